The average molecular weight is 393 g/mol. The predicted octanol–water partition coefficient (Wildman–Crippen LogP) is 5.12. The van der Waals surface area contributed by atoms with Crippen LogP contribution in [0.15, 0.2) is 48.5 Å². The normalized spacial score (nSPS) is 14.5. The number of anilines is 1. The summed E-state index contributed by atoms with van der Waals surface area (Å²) in [5.41, 5.74) is 1.75. The number of hydrogen-bond donors (Lipinski definition) is 1. The molecule has 1 aliphatic rings. The van der Waals surface area contributed by atoms with E-state index in [-0.39, 0.29) is 5.91 Å². The SMILES string of the molecule is COc1cc(/C=C/C(=O)Nc2ccccc2C=O)ccc1OCC1CCCCC1. The number of para-hydroxylation sites is 1. The molecule has 1 N–H and O–H groups in total. The third kappa shape index (κ3) is 5.95. The minimum atomic E-state index is -0.309. The van der Waals surface area contributed by atoms with Crippen LogP contribution in [0.25, 0.3) is 6.08 Å². The van der Waals surface area contributed by atoms with Gasteiger partial charge in [0, 0.05) is 11.6 Å². The van der Waals surface area contributed by atoms with Gasteiger partial charge in [0.05, 0.1) is 19.4 Å². The van der Waals surface area contributed by atoms with E-state index in [1.54, 1.807) is 37.5 Å². The second-order valence-electron chi connectivity index (χ2n) is 7.25. The van der Waals surface area contributed by atoms with E-state index < -0.39 is 0 Å². The minimum absolute atomic E-state index is 0.309. The summed E-state index contributed by atoms with van der Waals surface area (Å²) in [6.07, 6.45) is 10.2. The molecule has 1 fully saturated rings. The van der Waals surface area contributed by atoms with E-state index in [0.29, 0.717) is 29.5 Å². The Morgan fingerprint density at radius 2 is 1.90 bits per heavy atom. The summed E-state index contributed by atoms with van der Waals surface area (Å²) in [7, 11) is 1.61. The molecule has 152 valence electrons. The maximum absolute atomic E-state index is 12.2. The lowest BCUT2D eigenvalue weighted by molar-refractivity contribution is -0.111. The zero-order chi connectivity index (χ0) is 20.5. The molecule has 0 atom stereocenters. The monoisotopic (exact) mass is 393 g/mol. The van der Waals surface area contributed by atoms with E-state index in [1.165, 1.54) is 38.2 Å². The van der Waals surface area contributed by atoms with Crippen molar-refractivity contribution in [3.63, 3.8) is 0 Å². The van der Waals surface area contributed by atoms with E-state index >= 15 is 0 Å². The van der Waals surface area contributed by atoms with Crippen molar-refractivity contribution >= 4 is 24.0 Å². The highest BCUT2D eigenvalue weighted by atomic mass is 16.5. The molecule has 0 heterocycles. The van der Waals surface area contributed by atoms with Crippen LogP contribution in [0.4, 0.5) is 5.69 Å². The highest BCUT2D eigenvalue weighted by Crippen LogP contribution is 2.31. The summed E-state index contributed by atoms with van der Waals surface area (Å²) in [5, 5.41) is 2.72. The Kier molecular flexibility index (Phi) is 7.45. The van der Waals surface area contributed by atoms with Gasteiger partial charge in [0.2, 0.25) is 5.91 Å². The molecule has 0 aromatic heterocycles. The van der Waals surface area contributed by atoms with Crippen LogP contribution in [0, 0.1) is 5.92 Å². The minimum Gasteiger partial charge on any atom is -0.493 e. The van der Waals surface area contributed by atoms with Crippen molar-refractivity contribution in [3.8, 4) is 11.5 Å². The van der Waals surface area contributed by atoms with Gasteiger partial charge >= 0.3 is 0 Å². The van der Waals surface area contributed by atoms with Crippen molar-refractivity contribution in [1.29, 1.82) is 0 Å². The second-order valence-corrected chi connectivity index (χ2v) is 7.25. The Hall–Kier alpha value is -3.08. The van der Waals surface area contributed by atoms with Crippen LogP contribution in [0.5, 0.6) is 11.5 Å². The summed E-state index contributed by atoms with van der Waals surface area (Å²) >= 11 is 0. The summed E-state index contributed by atoms with van der Waals surface area (Å²) in [6.45, 7) is 0.712. The van der Waals surface area contributed by atoms with E-state index in [0.717, 1.165) is 17.6 Å². The third-order valence-corrected chi connectivity index (χ3v) is 5.16. The molecule has 0 saturated heterocycles. The predicted molar refractivity (Wildman–Crippen MR) is 115 cm³/mol. The van der Waals surface area contributed by atoms with Crippen molar-refractivity contribution in [3.05, 3.63) is 59.7 Å². The number of methoxy groups -OCH3 is 1. The van der Waals surface area contributed by atoms with Crippen LogP contribution >= 0.6 is 0 Å². The number of amides is 1. The molecular weight excluding hydrogens is 366 g/mol. The molecular formula is C24H27NO4. The second kappa shape index (κ2) is 10.5. The lowest BCUT2D eigenvalue weighted by Gasteiger charge is -2.22. The van der Waals surface area contributed by atoms with Crippen LogP contribution in [0.1, 0.15) is 48.0 Å². The maximum Gasteiger partial charge on any atom is 0.248 e. The molecule has 0 spiro atoms. The molecule has 0 aliphatic heterocycles. The van der Waals surface area contributed by atoms with Crippen molar-refractivity contribution in [1.82, 2.24) is 0 Å². The van der Waals surface area contributed by atoms with Crippen molar-refractivity contribution < 1.29 is 19.1 Å². The topological polar surface area (TPSA) is 64.6 Å². The molecule has 5 heteroatoms. The zero-order valence-corrected chi connectivity index (χ0v) is 16.7. The number of aldehydes is 1. The Labute approximate surface area is 171 Å². The van der Waals surface area contributed by atoms with Gasteiger partial charge in [-0.2, -0.15) is 0 Å². The van der Waals surface area contributed by atoms with Crippen LogP contribution < -0.4 is 14.8 Å². The third-order valence-electron chi connectivity index (χ3n) is 5.16. The van der Waals surface area contributed by atoms with Crippen LogP contribution in [0.2, 0.25) is 0 Å². The standard InChI is InChI=1S/C24H27NO4/c1-28-23-15-18(11-13-22(23)29-17-19-7-3-2-4-8-19)12-14-24(27)25-21-10-6-5-9-20(21)16-26/h5-6,9-16,19H,2-4,7-8,17H2,1H3,(H,25,27)/b14-12+. The lowest BCUT2D eigenvalue weighted by Crippen LogP contribution is -2.15. The van der Waals surface area contributed by atoms with Gasteiger partial charge in [-0.05, 0) is 54.7 Å². The van der Waals surface area contributed by atoms with E-state index in [4.69, 9.17) is 9.47 Å². The van der Waals surface area contributed by atoms with E-state index in [1.807, 2.05) is 18.2 Å². The molecule has 1 saturated carbocycles. The van der Waals surface area contributed by atoms with Gasteiger partial charge in [-0.3, -0.25) is 9.59 Å². The first-order valence-electron chi connectivity index (χ1n) is 10.0. The number of hydrogen-bond acceptors (Lipinski definition) is 4. The lowest BCUT2D eigenvalue weighted by atomic mass is 9.90. The molecule has 29 heavy (non-hydrogen) atoms. The smallest absolute Gasteiger partial charge is 0.248 e. The summed E-state index contributed by atoms with van der Waals surface area (Å²) < 4.78 is 11.5. The van der Waals surface area contributed by atoms with Gasteiger partial charge < -0.3 is 14.8 Å². The molecule has 5 nitrogen and oxygen atoms in total. The largest absolute Gasteiger partial charge is 0.493 e. The summed E-state index contributed by atoms with van der Waals surface area (Å²) in [6, 6.07) is 12.5. The Morgan fingerprint density at radius 3 is 2.66 bits per heavy atom. The molecule has 0 bridgehead atoms. The quantitative estimate of drug-likeness (QED) is 0.499. The number of ether oxygens (including phenoxy) is 2. The Morgan fingerprint density at radius 1 is 1.10 bits per heavy atom. The highest BCUT2D eigenvalue weighted by Gasteiger charge is 2.15. The number of carbonyl (C=O) groups excluding carboxylic acids is 2. The van der Waals surface area contributed by atoms with Crippen molar-refractivity contribution in [2.24, 2.45) is 5.92 Å². The van der Waals surface area contributed by atoms with Gasteiger partial charge in [0.25, 0.3) is 0 Å². The first kappa shape index (κ1) is 20.6. The van der Waals surface area contributed by atoms with Gasteiger partial charge in [0.15, 0.2) is 17.8 Å². The molecule has 1 aliphatic carbocycles. The molecule has 3 rings (SSSR count). The number of nitrogens with one attached hydrogen (secondary N) is 1. The number of benzene rings is 2. The molecule has 0 unspecified atom stereocenters. The van der Waals surface area contributed by atoms with Gasteiger partial charge in [-0.1, -0.05) is 37.5 Å². The van der Waals surface area contributed by atoms with Crippen molar-refractivity contribution in [2.45, 2.75) is 32.1 Å². The van der Waals surface area contributed by atoms with Crippen LogP contribution in [0.3, 0.4) is 0 Å². The fourth-order valence-electron chi connectivity index (χ4n) is 3.53. The molecule has 2 aromatic rings. The molecule has 1 amide bonds. The van der Waals surface area contributed by atoms with Crippen LogP contribution in [-0.2, 0) is 4.79 Å². The van der Waals surface area contributed by atoms with Crippen molar-refractivity contribution in [2.75, 3.05) is 19.0 Å². The maximum atomic E-state index is 12.2. The first-order valence-corrected chi connectivity index (χ1v) is 10.0. The fraction of sp³-hybridized carbons (Fsp3) is 0.333. The summed E-state index contributed by atoms with van der Waals surface area (Å²) in [5.74, 6) is 1.68. The van der Waals surface area contributed by atoms with Gasteiger partial charge in [-0.15, -0.1) is 0 Å². The van der Waals surface area contributed by atoms with E-state index in [2.05, 4.69) is 5.32 Å². The highest BCUT2D eigenvalue weighted by molar-refractivity contribution is 6.04. The molecule has 2 aromatic carbocycles. The van der Waals surface area contributed by atoms with Gasteiger partial charge in [0.1, 0.15) is 0 Å². The van der Waals surface area contributed by atoms with Crippen LogP contribution in [-0.4, -0.2) is 25.9 Å². The number of carbonyl (C=O) groups is 2. The zero-order valence-electron chi connectivity index (χ0n) is 16.7. The average Bonchev–Trinajstić information content (AvgIpc) is 2.77. The Balaban J connectivity index is 1.61. The first-order chi connectivity index (χ1) is 14.2. The summed E-state index contributed by atoms with van der Waals surface area (Å²) in [4.78, 5) is 23.2. The number of rotatable bonds is 8. The van der Waals surface area contributed by atoms with Gasteiger partial charge in [-0.25, -0.2) is 0 Å². The fourth-order valence-corrected chi connectivity index (χ4v) is 3.53. The molecule has 0 radical (unpaired) electrons. The Bertz CT molecular complexity index is 869. The van der Waals surface area contributed by atoms with E-state index in [9.17, 15) is 9.59 Å².